The van der Waals surface area contributed by atoms with Crippen molar-refractivity contribution in [2.24, 2.45) is 5.41 Å². The van der Waals surface area contributed by atoms with Crippen molar-refractivity contribution in [3.8, 4) is 0 Å². The number of ether oxygens (including phenoxy) is 1. The minimum Gasteiger partial charge on any atom is -0.462 e. The molecule has 0 aromatic heterocycles. The second-order valence-corrected chi connectivity index (χ2v) is 8.90. The molecule has 1 saturated carbocycles. The Labute approximate surface area is 180 Å². The van der Waals surface area contributed by atoms with Crippen LogP contribution in [0.3, 0.4) is 0 Å². The van der Waals surface area contributed by atoms with E-state index in [9.17, 15) is 14.4 Å². The molecule has 0 spiro atoms. The number of rotatable bonds is 11. The van der Waals surface area contributed by atoms with Crippen molar-refractivity contribution >= 4 is 23.2 Å². The van der Waals surface area contributed by atoms with Crippen LogP contribution >= 0.6 is 0 Å². The Morgan fingerprint density at radius 3 is 2.13 bits per heavy atom. The van der Waals surface area contributed by atoms with Crippen molar-refractivity contribution in [2.75, 3.05) is 11.9 Å². The van der Waals surface area contributed by atoms with Crippen LogP contribution in [0.4, 0.5) is 5.69 Å². The summed E-state index contributed by atoms with van der Waals surface area (Å²) in [5.74, 6) is -0.589. The molecule has 1 N–H and O–H groups in total. The van der Waals surface area contributed by atoms with Crippen LogP contribution in [0.5, 0.6) is 0 Å². The number of allylic oxidation sites excluding steroid dienone is 1. The van der Waals surface area contributed by atoms with E-state index >= 15 is 0 Å². The number of hydrogen-bond acceptors (Lipinski definition) is 5. The topological polar surface area (TPSA) is 72.5 Å². The number of esters is 1. The molecular formula is C25H35NO4. The highest BCUT2D eigenvalue weighted by Crippen LogP contribution is 2.33. The molecular weight excluding hydrogens is 378 g/mol. The van der Waals surface area contributed by atoms with Gasteiger partial charge in [0.05, 0.1) is 17.7 Å². The maximum absolute atomic E-state index is 12.2. The van der Waals surface area contributed by atoms with Crippen LogP contribution < -0.4 is 5.32 Å². The molecule has 0 saturated heterocycles. The summed E-state index contributed by atoms with van der Waals surface area (Å²) in [7, 11) is 0. The Morgan fingerprint density at radius 1 is 0.967 bits per heavy atom. The van der Waals surface area contributed by atoms with E-state index in [4.69, 9.17) is 4.74 Å². The molecule has 1 aromatic carbocycles. The van der Waals surface area contributed by atoms with Crippen LogP contribution in [0, 0.1) is 5.41 Å². The summed E-state index contributed by atoms with van der Waals surface area (Å²) in [6.45, 7) is 6.51. The first-order valence-electron chi connectivity index (χ1n) is 11.1. The molecule has 1 aliphatic carbocycles. The molecule has 0 bridgehead atoms. The number of Topliss-reactive ketones (excluding diaryl/α,β-unsaturated/α-hetero) is 2. The largest absolute Gasteiger partial charge is 0.462 e. The van der Waals surface area contributed by atoms with Gasteiger partial charge in [-0.1, -0.05) is 59.3 Å². The third kappa shape index (κ3) is 7.77. The van der Waals surface area contributed by atoms with E-state index in [0.29, 0.717) is 30.7 Å². The second kappa shape index (κ2) is 11.7. The van der Waals surface area contributed by atoms with Crippen molar-refractivity contribution in [2.45, 2.75) is 78.6 Å². The van der Waals surface area contributed by atoms with Gasteiger partial charge >= 0.3 is 5.97 Å². The Bertz CT molecular complexity index is 740. The highest BCUT2D eigenvalue weighted by atomic mass is 16.5. The van der Waals surface area contributed by atoms with Gasteiger partial charge in [0, 0.05) is 24.7 Å². The molecule has 0 atom stereocenters. The van der Waals surface area contributed by atoms with E-state index in [1.54, 1.807) is 24.3 Å². The van der Waals surface area contributed by atoms with Gasteiger partial charge in [0.1, 0.15) is 0 Å². The van der Waals surface area contributed by atoms with Crippen molar-refractivity contribution < 1.29 is 19.1 Å². The third-order valence-electron chi connectivity index (χ3n) is 5.36. The first-order valence-corrected chi connectivity index (χ1v) is 11.1. The van der Waals surface area contributed by atoms with E-state index < -0.39 is 0 Å². The minimum atomic E-state index is -0.328. The zero-order valence-corrected chi connectivity index (χ0v) is 18.6. The highest BCUT2D eigenvalue weighted by Gasteiger charge is 2.35. The molecule has 1 aliphatic rings. The van der Waals surface area contributed by atoms with Crippen molar-refractivity contribution in [3.63, 3.8) is 0 Å². The van der Waals surface area contributed by atoms with E-state index in [1.807, 2.05) is 13.8 Å². The van der Waals surface area contributed by atoms with Gasteiger partial charge < -0.3 is 10.1 Å². The van der Waals surface area contributed by atoms with Gasteiger partial charge in [-0.15, -0.1) is 0 Å². The van der Waals surface area contributed by atoms with Crippen LogP contribution in [0.25, 0.3) is 0 Å². The highest BCUT2D eigenvalue weighted by molar-refractivity contribution is 6.22. The third-order valence-corrected chi connectivity index (χ3v) is 5.36. The Balaban J connectivity index is 1.76. The molecule has 0 unspecified atom stereocenters. The Morgan fingerprint density at radius 2 is 1.53 bits per heavy atom. The summed E-state index contributed by atoms with van der Waals surface area (Å²) in [5, 5.41) is 2.99. The fourth-order valence-corrected chi connectivity index (χ4v) is 3.60. The standard InChI is InChI=1S/C25H35NO4/c1-4-5-6-7-8-9-10-15-30-24(29)19-11-13-20(14-12-19)26-18-21-22(27)16-25(2,3)17-23(21)28/h11-14,18,26H,4-10,15-17H2,1-3H3. The lowest BCUT2D eigenvalue weighted by Gasteiger charge is -2.28. The van der Waals surface area contributed by atoms with Crippen LogP contribution in [0.2, 0.25) is 0 Å². The molecule has 30 heavy (non-hydrogen) atoms. The van der Waals surface area contributed by atoms with Crippen LogP contribution in [0.15, 0.2) is 36.0 Å². The van der Waals surface area contributed by atoms with Gasteiger partial charge in [0.2, 0.25) is 0 Å². The lowest BCUT2D eigenvalue weighted by molar-refractivity contribution is -0.127. The molecule has 5 heteroatoms. The Kier molecular flexibility index (Phi) is 9.28. The molecule has 2 rings (SSSR count). The fraction of sp³-hybridized carbons (Fsp3) is 0.560. The monoisotopic (exact) mass is 413 g/mol. The quantitative estimate of drug-likeness (QED) is 0.213. The molecule has 5 nitrogen and oxygen atoms in total. The van der Waals surface area contributed by atoms with Gasteiger partial charge in [-0.25, -0.2) is 4.79 Å². The van der Waals surface area contributed by atoms with Crippen molar-refractivity contribution in [1.29, 1.82) is 0 Å². The van der Waals surface area contributed by atoms with E-state index in [1.165, 1.54) is 38.3 Å². The smallest absolute Gasteiger partial charge is 0.338 e. The molecule has 1 fully saturated rings. The van der Waals surface area contributed by atoms with Crippen LogP contribution in [-0.4, -0.2) is 24.1 Å². The lowest BCUT2D eigenvalue weighted by atomic mass is 9.74. The maximum atomic E-state index is 12.2. The number of carbonyl (C=O) groups is 3. The molecule has 0 radical (unpaired) electrons. The van der Waals surface area contributed by atoms with Gasteiger partial charge in [0.25, 0.3) is 0 Å². The van der Waals surface area contributed by atoms with Crippen LogP contribution in [-0.2, 0) is 14.3 Å². The number of benzene rings is 1. The number of unbranched alkanes of at least 4 members (excludes halogenated alkanes) is 6. The molecule has 1 aromatic rings. The van der Waals surface area contributed by atoms with Gasteiger partial charge in [-0.2, -0.15) is 0 Å². The number of hydrogen-bond donors (Lipinski definition) is 1. The minimum absolute atomic E-state index is 0.130. The molecule has 164 valence electrons. The summed E-state index contributed by atoms with van der Waals surface area (Å²) < 4.78 is 5.34. The Hall–Kier alpha value is -2.43. The lowest BCUT2D eigenvalue weighted by Crippen LogP contribution is -2.31. The van der Waals surface area contributed by atoms with Gasteiger partial charge in [0.15, 0.2) is 11.6 Å². The SMILES string of the molecule is CCCCCCCCCOC(=O)c1ccc(NC=C2C(=O)CC(C)(C)CC2=O)cc1. The summed E-state index contributed by atoms with van der Waals surface area (Å²) >= 11 is 0. The molecule has 0 heterocycles. The van der Waals surface area contributed by atoms with Crippen molar-refractivity contribution in [1.82, 2.24) is 0 Å². The number of nitrogens with one attached hydrogen (secondary N) is 1. The average molecular weight is 414 g/mol. The predicted octanol–water partition coefficient (Wildman–Crippen LogP) is 5.85. The predicted molar refractivity (Wildman–Crippen MR) is 119 cm³/mol. The average Bonchev–Trinajstić information content (AvgIpc) is 2.68. The normalized spacial score (nSPS) is 15.8. The maximum Gasteiger partial charge on any atom is 0.338 e. The van der Waals surface area contributed by atoms with Gasteiger partial charge in [-0.05, 0) is 36.1 Å². The van der Waals surface area contributed by atoms with Crippen molar-refractivity contribution in [3.05, 3.63) is 41.6 Å². The summed E-state index contributed by atoms with van der Waals surface area (Å²) in [6.07, 6.45) is 10.5. The number of carbonyl (C=O) groups excluding carboxylic acids is 3. The number of ketones is 2. The zero-order chi connectivity index (χ0) is 22.0. The second-order valence-electron chi connectivity index (χ2n) is 8.90. The summed E-state index contributed by atoms with van der Waals surface area (Å²) in [6, 6.07) is 6.84. The summed E-state index contributed by atoms with van der Waals surface area (Å²) in [5.41, 5.74) is 1.13. The van der Waals surface area contributed by atoms with Gasteiger partial charge in [-0.3, -0.25) is 9.59 Å². The zero-order valence-electron chi connectivity index (χ0n) is 18.6. The fourth-order valence-electron chi connectivity index (χ4n) is 3.60. The first-order chi connectivity index (χ1) is 14.3. The molecule has 0 amide bonds. The van der Waals surface area contributed by atoms with E-state index in [2.05, 4.69) is 12.2 Å². The van der Waals surface area contributed by atoms with E-state index in [-0.39, 0.29) is 28.5 Å². The molecule has 0 aliphatic heterocycles. The van der Waals surface area contributed by atoms with E-state index in [0.717, 1.165) is 12.8 Å². The van der Waals surface area contributed by atoms with Crippen LogP contribution in [0.1, 0.15) is 88.9 Å². The first kappa shape index (κ1) is 23.8. The summed E-state index contributed by atoms with van der Waals surface area (Å²) in [4.78, 5) is 36.6. The number of anilines is 1.